The summed E-state index contributed by atoms with van der Waals surface area (Å²) >= 11 is 0. The zero-order valence-corrected chi connectivity index (χ0v) is 22.3. The molecule has 1 fully saturated rings. The van der Waals surface area contributed by atoms with Crippen LogP contribution in [0, 0.1) is 5.92 Å². The van der Waals surface area contributed by atoms with Crippen LogP contribution in [-0.2, 0) is 11.2 Å². The number of rotatable bonds is 6. The summed E-state index contributed by atoms with van der Waals surface area (Å²) in [6, 6.07) is 12.6. The van der Waals surface area contributed by atoms with Crippen LogP contribution in [0.3, 0.4) is 0 Å². The molecule has 7 heteroatoms. The maximum atomic E-state index is 12.7. The van der Waals surface area contributed by atoms with E-state index in [1.54, 1.807) is 18.7 Å². The largest absolute Gasteiger partial charge is 0.472 e. The number of aromatic nitrogens is 3. The van der Waals surface area contributed by atoms with Gasteiger partial charge >= 0.3 is 0 Å². The lowest BCUT2D eigenvalue weighted by Gasteiger charge is -2.21. The van der Waals surface area contributed by atoms with Crippen LogP contribution in [-0.4, -0.2) is 33.1 Å². The molecule has 1 aliphatic carbocycles. The molecule has 7 nitrogen and oxygen atoms in total. The summed E-state index contributed by atoms with van der Waals surface area (Å²) in [6.45, 7) is 0.744. The van der Waals surface area contributed by atoms with Gasteiger partial charge in [-0.15, -0.1) is 0 Å². The van der Waals surface area contributed by atoms with Gasteiger partial charge in [-0.05, 0) is 60.6 Å². The van der Waals surface area contributed by atoms with Crippen LogP contribution >= 0.6 is 0 Å². The topological polar surface area (TPSA) is 96.2 Å². The molecule has 200 valence electrons. The number of pyridine rings is 2. The Bertz CT molecular complexity index is 1710. The van der Waals surface area contributed by atoms with E-state index in [1.807, 2.05) is 30.7 Å². The number of benzene rings is 1. The van der Waals surface area contributed by atoms with Gasteiger partial charge < -0.3 is 14.7 Å². The zero-order valence-electron chi connectivity index (χ0n) is 22.3. The van der Waals surface area contributed by atoms with Crippen LogP contribution in [0.1, 0.15) is 55.3 Å². The second kappa shape index (κ2) is 10.6. The Balaban J connectivity index is 1.17. The average molecular weight is 530 g/mol. The second-order valence-electron chi connectivity index (χ2n) is 10.9. The lowest BCUT2D eigenvalue weighted by molar-refractivity contribution is -0.117. The monoisotopic (exact) mass is 529 g/mol. The molecule has 4 aromatic heterocycles. The number of hydrogen-bond donors (Lipinski definition) is 2. The van der Waals surface area contributed by atoms with Gasteiger partial charge in [-0.2, -0.15) is 0 Å². The molecule has 2 N–H and O–H groups in total. The van der Waals surface area contributed by atoms with E-state index >= 15 is 0 Å². The normalized spacial score (nSPS) is 15.6. The van der Waals surface area contributed by atoms with E-state index < -0.39 is 0 Å². The van der Waals surface area contributed by atoms with Crippen molar-refractivity contribution in [1.29, 1.82) is 0 Å². The molecule has 1 saturated carbocycles. The van der Waals surface area contributed by atoms with E-state index in [4.69, 9.17) is 9.41 Å². The first kappa shape index (κ1) is 24.5. The molecule has 0 spiro atoms. The average Bonchev–Trinajstić information content (AvgIpc) is 3.68. The Morgan fingerprint density at radius 1 is 0.925 bits per heavy atom. The van der Waals surface area contributed by atoms with Gasteiger partial charge in [0.25, 0.3) is 0 Å². The SMILES string of the molecule is O=C(CC1CCCCC1)Nc1cncc(-c2ccc3c(c2)C(c2cc4c(-c5ccoc5)cncc4[nH]2)=NCC3)c1. The van der Waals surface area contributed by atoms with Crippen LogP contribution in [0.4, 0.5) is 5.69 Å². The van der Waals surface area contributed by atoms with Crippen molar-refractivity contribution in [3.63, 3.8) is 0 Å². The number of anilines is 1. The first-order chi connectivity index (χ1) is 19.7. The van der Waals surface area contributed by atoms with Gasteiger partial charge in [-0.25, -0.2) is 0 Å². The van der Waals surface area contributed by atoms with Crippen LogP contribution in [0.25, 0.3) is 33.2 Å². The van der Waals surface area contributed by atoms with E-state index in [9.17, 15) is 4.79 Å². The molecule has 0 unspecified atom stereocenters. The number of nitrogens with one attached hydrogen (secondary N) is 2. The van der Waals surface area contributed by atoms with Crippen LogP contribution in [0.5, 0.6) is 0 Å². The summed E-state index contributed by atoms with van der Waals surface area (Å²) in [7, 11) is 0. The van der Waals surface area contributed by atoms with Crippen LogP contribution in [0.2, 0.25) is 0 Å². The third-order valence-corrected chi connectivity index (χ3v) is 8.20. The fourth-order valence-electron chi connectivity index (χ4n) is 6.16. The summed E-state index contributed by atoms with van der Waals surface area (Å²) in [5, 5.41) is 4.17. The van der Waals surface area contributed by atoms with Gasteiger partial charge in [-0.1, -0.05) is 31.4 Å². The second-order valence-corrected chi connectivity index (χ2v) is 10.9. The van der Waals surface area contributed by atoms with Crippen molar-refractivity contribution in [3.05, 3.63) is 90.5 Å². The Morgan fingerprint density at radius 2 is 1.82 bits per heavy atom. The number of carbonyl (C=O) groups excluding carboxylic acids is 1. The number of nitrogens with zero attached hydrogens (tertiary/aromatic N) is 3. The Kier molecular flexibility index (Phi) is 6.48. The molecule has 0 atom stereocenters. The van der Waals surface area contributed by atoms with Crippen molar-refractivity contribution >= 4 is 28.2 Å². The van der Waals surface area contributed by atoms with Gasteiger partial charge in [0.2, 0.25) is 5.91 Å². The molecule has 5 aromatic rings. The smallest absolute Gasteiger partial charge is 0.224 e. The minimum absolute atomic E-state index is 0.0776. The first-order valence-corrected chi connectivity index (χ1v) is 14.1. The van der Waals surface area contributed by atoms with Crippen molar-refractivity contribution in [1.82, 2.24) is 15.0 Å². The van der Waals surface area contributed by atoms with Crippen LogP contribution < -0.4 is 5.32 Å². The molecule has 1 aromatic carbocycles. The van der Waals surface area contributed by atoms with Crippen molar-refractivity contribution in [2.45, 2.75) is 44.9 Å². The van der Waals surface area contributed by atoms with Crippen molar-refractivity contribution in [2.75, 3.05) is 11.9 Å². The van der Waals surface area contributed by atoms with Crippen molar-refractivity contribution in [3.8, 4) is 22.3 Å². The Labute approximate surface area is 232 Å². The zero-order chi connectivity index (χ0) is 26.9. The molecule has 0 radical (unpaired) electrons. The molecule has 40 heavy (non-hydrogen) atoms. The first-order valence-electron chi connectivity index (χ1n) is 14.1. The highest BCUT2D eigenvalue weighted by molar-refractivity contribution is 6.16. The van der Waals surface area contributed by atoms with Crippen molar-refractivity contribution in [2.24, 2.45) is 10.9 Å². The molecule has 1 aliphatic heterocycles. The number of aliphatic imine (C=N–C) groups is 1. The molecule has 7 rings (SSSR count). The maximum Gasteiger partial charge on any atom is 0.224 e. The lowest BCUT2D eigenvalue weighted by Crippen LogP contribution is -2.18. The molecular formula is C33H31N5O2. The lowest BCUT2D eigenvalue weighted by atomic mass is 9.87. The molecule has 5 heterocycles. The summed E-state index contributed by atoms with van der Waals surface area (Å²) in [5.41, 5.74) is 10.0. The predicted octanol–water partition coefficient (Wildman–Crippen LogP) is 7.19. The van der Waals surface area contributed by atoms with Gasteiger partial charge in [0.15, 0.2) is 0 Å². The predicted molar refractivity (Wildman–Crippen MR) is 158 cm³/mol. The maximum absolute atomic E-state index is 12.7. The van der Waals surface area contributed by atoms with Crippen LogP contribution in [0.15, 0.2) is 83.1 Å². The highest BCUT2D eigenvalue weighted by Crippen LogP contribution is 2.32. The summed E-state index contributed by atoms with van der Waals surface area (Å²) in [5.74, 6) is 0.577. The Morgan fingerprint density at radius 3 is 2.70 bits per heavy atom. The van der Waals surface area contributed by atoms with E-state index in [1.165, 1.54) is 24.8 Å². The molecule has 0 bridgehead atoms. The third kappa shape index (κ3) is 4.83. The highest BCUT2D eigenvalue weighted by atomic mass is 16.3. The standard InChI is InChI=1S/C33H31N5O2/c39-32(12-21-4-2-1-3-5-21)37-26-13-25(16-34-17-26)23-7-6-22-8-10-36-33(27(22)14-23)30-15-28-29(24-9-11-40-20-24)18-35-19-31(28)38-30/h6-7,9,11,13-21,38H,1-5,8,10,12H2,(H,37,39). The third-order valence-electron chi connectivity index (χ3n) is 8.20. The number of carbonyl (C=O) groups is 1. The summed E-state index contributed by atoms with van der Waals surface area (Å²) in [6.07, 6.45) is 18.3. The minimum atomic E-state index is 0.0776. The molecule has 2 aliphatic rings. The van der Waals surface area contributed by atoms with Gasteiger partial charge in [0.1, 0.15) is 0 Å². The number of furan rings is 1. The highest BCUT2D eigenvalue weighted by Gasteiger charge is 2.21. The van der Waals surface area contributed by atoms with E-state index in [2.05, 4.69) is 44.5 Å². The number of amides is 1. The van der Waals surface area contributed by atoms with E-state index in [0.717, 1.165) is 81.6 Å². The molecule has 0 saturated heterocycles. The quantitative estimate of drug-likeness (QED) is 0.243. The fourth-order valence-corrected chi connectivity index (χ4v) is 6.16. The summed E-state index contributed by atoms with van der Waals surface area (Å²) < 4.78 is 5.32. The Hall–Kier alpha value is -4.52. The van der Waals surface area contributed by atoms with E-state index in [-0.39, 0.29) is 5.91 Å². The number of aromatic amines is 1. The fraction of sp³-hybridized carbons (Fsp3) is 0.273. The van der Waals surface area contributed by atoms with E-state index in [0.29, 0.717) is 12.3 Å². The van der Waals surface area contributed by atoms with Gasteiger partial charge in [0, 0.05) is 53.0 Å². The number of hydrogen-bond acceptors (Lipinski definition) is 5. The minimum Gasteiger partial charge on any atom is -0.472 e. The van der Waals surface area contributed by atoms with Gasteiger partial charge in [-0.3, -0.25) is 19.8 Å². The number of H-pyrrole nitrogens is 1. The molecular weight excluding hydrogens is 498 g/mol. The number of fused-ring (bicyclic) bond motifs is 2. The van der Waals surface area contributed by atoms with Gasteiger partial charge in [0.05, 0.1) is 47.5 Å². The molecule has 1 amide bonds. The van der Waals surface area contributed by atoms with Crippen molar-refractivity contribution < 1.29 is 9.21 Å². The summed E-state index contributed by atoms with van der Waals surface area (Å²) in [4.78, 5) is 30.1.